The standard InChI is InChI=1S/C6H10O2.C4H8/c1-4-8-6(7)5(2)3;1-4(2)3/h2,4H2,1,3H3;1H2,2-3H3. The fourth-order valence-corrected chi connectivity index (χ4v) is 0.254. The van der Waals surface area contributed by atoms with Crippen LogP contribution >= 0.6 is 0 Å². The highest BCUT2D eigenvalue weighted by atomic mass is 16.5. The molecule has 0 aliphatic carbocycles. The van der Waals surface area contributed by atoms with Gasteiger partial charge in [-0.3, -0.25) is 0 Å². The average molecular weight is 170 g/mol. The second-order valence-electron chi connectivity index (χ2n) is 2.71. The molecule has 0 aromatic carbocycles. The molecule has 0 aromatic heterocycles. The first-order chi connectivity index (χ1) is 5.41. The van der Waals surface area contributed by atoms with E-state index < -0.39 is 0 Å². The quantitative estimate of drug-likeness (QED) is 0.362. The maximum atomic E-state index is 10.4. The van der Waals surface area contributed by atoms with E-state index in [2.05, 4.69) is 17.9 Å². The van der Waals surface area contributed by atoms with Crippen LogP contribution in [0.4, 0.5) is 0 Å². The van der Waals surface area contributed by atoms with Crippen LogP contribution in [0.3, 0.4) is 0 Å². The van der Waals surface area contributed by atoms with Gasteiger partial charge in [0.2, 0.25) is 0 Å². The van der Waals surface area contributed by atoms with E-state index in [0.717, 1.165) is 0 Å². The lowest BCUT2D eigenvalue weighted by Crippen LogP contribution is -2.03. The minimum Gasteiger partial charge on any atom is -0.463 e. The van der Waals surface area contributed by atoms with Crippen molar-refractivity contribution in [3.05, 3.63) is 24.3 Å². The van der Waals surface area contributed by atoms with E-state index in [1.165, 1.54) is 5.57 Å². The number of carbonyl (C=O) groups is 1. The Bertz CT molecular complexity index is 165. The first-order valence-corrected chi connectivity index (χ1v) is 3.86. The van der Waals surface area contributed by atoms with Gasteiger partial charge >= 0.3 is 5.97 Å². The predicted octanol–water partition coefficient (Wildman–Crippen LogP) is 2.71. The highest BCUT2D eigenvalue weighted by molar-refractivity contribution is 5.86. The molecule has 0 aliphatic heterocycles. The minimum absolute atomic E-state index is 0.312. The predicted molar refractivity (Wildman–Crippen MR) is 51.9 cm³/mol. The molecule has 2 nitrogen and oxygen atoms in total. The van der Waals surface area contributed by atoms with Gasteiger partial charge in [-0.2, -0.15) is 0 Å². The Balaban J connectivity index is 0. The summed E-state index contributed by atoms with van der Waals surface area (Å²) in [5.41, 5.74) is 1.62. The van der Waals surface area contributed by atoms with Crippen LogP contribution in [-0.4, -0.2) is 12.6 Å². The normalized spacial score (nSPS) is 7.67. The Kier molecular flexibility index (Phi) is 9.08. The lowest BCUT2D eigenvalue weighted by atomic mass is 10.4. The number of hydrogen-bond acceptors (Lipinski definition) is 2. The molecular formula is C10H18O2. The summed E-state index contributed by atoms with van der Waals surface area (Å²) in [7, 11) is 0. The molecule has 0 aliphatic rings. The zero-order chi connectivity index (χ0) is 10.1. The van der Waals surface area contributed by atoms with Gasteiger partial charge in [-0.05, 0) is 27.7 Å². The topological polar surface area (TPSA) is 26.3 Å². The summed E-state index contributed by atoms with van der Waals surface area (Å²) in [4.78, 5) is 10.4. The van der Waals surface area contributed by atoms with Crippen molar-refractivity contribution in [2.45, 2.75) is 27.7 Å². The summed E-state index contributed by atoms with van der Waals surface area (Å²) in [5.74, 6) is -0.312. The largest absolute Gasteiger partial charge is 0.463 e. The third-order valence-electron chi connectivity index (χ3n) is 0.624. The number of rotatable bonds is 2. The van der Waals surface area contributed by atoms with Gasteiger partial charge in [0.25, 0.3) is 0 Å². The van der Waals surface area contributed by atoms with Crippen molar-refractivity contribution in [1.29, 1.82) is 0 Å². The maximum Gasteiger partial charge on any atom is 0.333 e. The van der Waals surface area contributed by atoms with Crippen LogP contribution in [0.15, 0.2) is 24.3 Å². The van der Waals surface area contributed by atoms with Crippen LogP contribution in [0, 0.1) is 0 Å². The van der Waals surface area contributed by atoms with Gasteiger partial charge in [0, 0.05) is 5.57 Å². The summed E-state index contributed by atoms with van der Waals surface area (Å²) >= 11 is 0. The van der Waals surface area contributed by atoms with Gasteiger partial charge in [-0.15, -0.1) is 6.58 Å². The molecule has 0 bridgehead atoms. The van der Waals surface area contributed by atoms with Crippen LogP contribution in [0.5, 0.6) is 0 Å². The Hall–Kier alpha value is -1.05. The highest BCUT2D eigenvalue weighted by Crippen LogP contribution is 1.89. The first-order valence-electron chi connectivity index (χ1n) is 3.86. The minimum atomic E-state index is -0.312. The van der Waals surface area contributed by atoms with Crippen LogP contribution < -0.4 is 0 Å². The monoisotopic (exact) mass is 170 g/mol. The van der Waals surface area contributed by atoms with Crippen molar-refractivity contribution in [3.8, 4) is 0 Å². The SMILES string of the molecule is C=C(C)C.C=C(C)C(=O)OCC. The van der Waals surface area contributed by atoms with E-state index in [-0.39, 0.29) is 5.97 Å². The van der Waals surface area contributed by atoms with Crippen molar-refractivity contribution in [1.82, 2.24) is 0 Å². The Morgan fingerprint density at radius 3 is 1.67 bits per heavy atom. The van der Waals surface area contributed by atoms with E-state index in [9.17, 15) is 4.79 Å². The third kappa shape index (κ3) is 16.0. The van der Waals surface area contributed by atoms with Crippen LogP contribution in [-0.2, 0) is 9.53 Å². The van der Waals surface area contributed by atoms with Crippen LogP contribution in [0.1, 0.15) is 27.7 Å². The summed E-state index contributed by atoms with van der Waals surface area (Å²) in [6.07, 6.45) is 0. The van der Waals surface area contributed by atoms with Gasteiger partial charge in [-0.1, -0.05) is 12.2 Å². The van der Waals surface area contributed by atoms with Crippen LogP contribution in [0.2, 0.25) is 0 Å². The summed E-state index contributed by atoms with van der Waals surface area (Å²) < 4.78 is 4.56. The van der Waals surface area contributed by atoms with E-state index in [1.54, 1.807) is 13.8 Å². The van der Waals surface area contributed by atoms with Crippen molar-refractivity contribution in [2.24, 2.45) is 0 Å². The molecule has 2 heteroatoms. The zero-order valence-electron chi connectivity index (χ0n) is 8.44. The molecule has 0 aromatic rings. The molecule has 70 valence electrons. The molecule has 0 radical (unpaired) electrons. The second kappa shape index (κ2) is 8.05. The lowest BCUT2D eigenvalue weighted by Gasteiger charge is -1.96. The van der Waals surface area contributed by atoms with E-state index >= 15 is 0 Å². The molecule has 0 N–H and O–H groups in total. The summed E-state index contributed by atoms with van der Waals surface area (Å²) in [6.45, 7) is 14.7. The Morgan fingerprint density at radius 2 is 1.58 bits per heavy atom. The number of carbonyl (C=O) groups excluding carboxylic acids is 1. The number of esters is 1. The lowest BCUT2D eigenvalue weighted by molar-refractivity contribution is -0.138. The average Bonchev–Trinajstić information content (AvgIpc) is 1.86. The molecule has 0 rings (SSSR count). The van der Waals surface area contributed by atoms with Gasteiger partial charge in [-0.25, -0.2) is 4.79 Å². The van der Waals surface area contributed by atoms with Crippen molar-refractivity contribution < 1.29 is 9.53 Å². The van der Waals surface area contributed by atoms with E-state index in [4.69, 9.17) is 0 Å². The number of allylic oxidation sites excluding steroid dienone is 1. The van der Waals surface area contributed by atoms with Crippen molar-refractivity contribution in [2.75, 3.05) is 6.61 Å². The van der Waals surface area contributed by atoms with Gasteiger partial charge in [0.1, 0.15) is 0 Å². The zero-order valence-corrected chi connectivity index (χ0v) is 8.44. The summed E-state index contributed by atoms with van der Waals surface area (Å²) in [6, 6.07) is 0. The van der Waals surface area contributed by atoms with Gasteiger partial charge in [0.15, 0.2) is 0 Å². The fourth-order valence-electron chi connectivity index (χ4n) is 0.254. The van der Waals surface area contributed by atoms with Crippen molar-refractivity contribution in [3.63, 3.8) is 0 Å². The van der Waals surface area contributed by atoms with E-state index in [1.807, 2.05) is 13.8 Å². The Labute approximate surface area is 74.9 Å². The smallest absolute Gasteiger partial charge is 0.333 e. The van der Waals surface area contributed by atoms with Gasteiger partial charge in [0.05, 0.1) is 6.61 Å². The Morgan fingerprint density at radius 1 is 1.25 bits per heavy atom. The molecular weight excluding hydrogens is 152 g/mol. The number of ether oxygens (including phenoxy) is 1. The fraction of sp³-hybridized carbons (Fsp3) is 0.500. The first kappa shape index (κ1) is 13.5. The van der Waals surface area contributed by atoms with Crippen LogP contribution in [0.25, 0.3) is 0 Å². The van der Waals surface area contributed by atoms with Gasteiger partial charge < -0.3 is 4.74 Å². The number of hydrogen-bond donors (Lipinski definition) is 0. The van der Waals surface area contributed by atoms with E-state index in [0.29, 0.717) is 12.2 Å². The van der Waals surface area contributed by atoms with Crippen molar-refractivity contribution >= 4 is 5.97 Å². The summed E-state index contributed by atoms with van der Waals surface area (Å²) in [5, 5.41) is 0. The highest BCUT2D eigenvalue weighted by Gasteiger charge is 1.98. The molecule has 0 heterocycles. The molecule has 0 atom stereocenters. The molecule has 0 fully saturated rings. The molecule has 0 saturated heterocycles. The second-order valence-corrected chi connectivity index (χ2v) is 2.71. The third-order valence-corrected chi connectivity index (χ3v) is 0.624. The maximum absolute atomic E-state index is 10.4. The molecule has 0 spiro atoms. The molecule has 12 heavy (non-hydrogen) atoms. The molecule has 0 saturated carbocycles. The molecule has 0 amide bonds. The molecule has 0 unspecified atom stereocenters.